The van der Waals surface area contributed by atoms with Crippen molar-refractivity contribution in [3.8, 4) is 5.69 Å². The maximum atomic E-state index is 12.1. The van der Waals surface area contributed by atoms with Gasteiger partial charge in [0.15, 0.2) is 0 Å². The van der Waals surface area contributed by atoms with E-state index in [1.54, 1.807) is 12.3 Å². The Morgan fingerprint density at radius 2 is 1.78 bits per heavy atom. The molecule has 1 aromatic heterocycles. The summed E-state index contributed by atoms with van der Waals surface area (Å²) in [6.07, 6.45) is 5.26. The highest BCUT2D eigenvalue weighted by atomic mass is 35.5. The summed E-state index contributed by atoms with van der Waals surface area (Å²) in [4.78, 5) is 14.2. The van der Waals surface area contributed by atoms with Gasteiger partial charge in [-0.05, 0) is 64.0 Å². The number of nitrogens with one attached hydrogen (secondary N) is 1. The molecule has 27 heavy (non-hydrogen) atoms. The van der Waals surface area contributed by atoms with E-state index in [9.17, 15) is 4.79 Å². The summed E-state index contributed by atoms with van der Waals surface area (Å²) in [6.45, 7) is 6.38. The number of hydrogen-bond donors (Lipinski definition) is 1. The molecule has 0 radical (unpaired) electrons. The van der Waals surface area contributed by atoms with Gasteiger partial charge in [0, 0.05) is 32.7 Å². The van der Waals surface area contributed by atoms with E-state index in [2.05, 4.69) is 20.0 Å². The van der Waals surface area contributed by atoms with Crippen LogP contribution in [0.5, 0.6) is 0 Å². The lowest BCUT2D eigenvalue weighted by atomic mass is 10.1. The highest BCUT2D eigenvalue weighted by molar-refractivity contribution is 6.34. The van der Waals surface area contributed by atoms with Gasteiger partial charge in [-0.25, -0.2) is 5.43 Å². The van der Waals surface area contributed by atoms with Gasteiger partial charge in [-0.15, -0.1) is 0 Å². The zero-order valence-corrected chi connectivity index (χ0v) is 17.1. The summed E-state index contributed by atoms with van der Waals surface area (Å²) in [5.41, 5.74) is 6.50. The highest BCUT2D eigenvalue weighted by Gasteiger charge is 2.14. The van der Waals surface area contributed by atoms with Gasteiger partial charge in [-0.2, -0.15) is 5.10 Å². The maximum Gasteiger partial charge on any atom is 0.254 e. The van der Waals surface area contributed by atoms with Gasteiger partial charge in [0.05, 0.1) is 12.8 Å². The minimum atomic E-state index is -0.0800. The number of carbonyl (C=O) groups is 1. The van der Waals surface area contributed by atoms with Gasteiger partial charge in [0.25, 0.3) is 5.91 Å². The molecule has 5 nitrogen and oxygen atoms in total. The lowest BCUT2D eigenvalue weighted by molar-refractivity contribution is -0.122. The number of likely N-dealkylation sites (tertiary alicyclic amines) is 1. The largest absolute Gasteiger partial charge is 0.318 e. The molecule has 1 aromatic carbocycles. The average molecular weight is 407 g/mol. The molecule has 1 aliphatic heterocycles. The molecular weight excluding hydrogens is 383 g/mol. The quantitative estimate of drug-likeness (QED) is 0.592. The predicted octanol–water partition coefficient (Wildman–Crippen LogP) is 4.34. The molecule has 1 N–H and O–H groups in total. The Balaban J connectivity index is 1.68. The number of hydrogen-bond acceptors (Lipinski definition) is 3. The highest BCUT2D eigenvalue weighted by Crippen LogP contribution is 2.26. The number of carbonyl (C=O) groups excluding carboxylic acids is 1. The molecule has 0 bridgehead atoms. The topological polar surface area (TPSA) is 49.6 Å². The van der Waals surface area contributed by atoms with E-state index in [0.29, 0.717) is 16.6 Å². The second kappa shape index (κ2) is 8.91. The van der Waals surface area contributed by atoms with Crippen LogP contribution in [0.15, 0.2) is 29.4 Å². The minimum Gasteiger partial charge on any atom is -0.318 e. The third-order valence-corrected chi connectivity index (χ3v) is 5.22. The molecule has 0 aliphatic carbocycles. The van der Waals surface area contributed by atoms with Gasteiger partial charge in [0.2, 0.25) is 0 Å². The summed E-state index contributed by atoms with van der Waals surface area (Å²) in [7, 11) is 0. The minimum absolute atomic E-state index is 0.0800. The van der Waals surface area contributed by atoms with Crippen molar-refractivity contribution in [1.82, 2.24) is 14.9 Å². The number of halogens is 2. The first-order chi connectivity index (χ1) is 12.9. The van der Waals surface area contributed by atoms with Crippen LogP contribution in [0.1, 0.15) is 36.2 Å². The first-order valence-electron chi connectivity index (χ1n) is 9.14. The van der Waals surface area contributed by atoms with Crippen LogP contribution in [0, 0.1) is 13.8 Å². The lowest BCUT2D eigenvalue weighted by Crippen LogP contribution is -2.38. The van der Waals surface area contributed by atoms with Gasteiger partial charge in [-0.3, -0.25) is 9.69 Å². The molecule has 1 amide bonds. The van der Waals surface area contributed by atoms with E-state index in [0.717, 1.165) is 48.6 Å². The van der Waals surface area contributed by atoms with E-state index >= 15 is 0 Å². The molecule has 3 rings (SSSR count). The molecule has 144 valence electrons. The number of rotatable bonds is 5. The summed E-state index contributed by atoms with van der Waals surface area (Å²) >= 11 is 12.3. The Hall–Kier alpha value is -1.82. The number of aryl methyl sites for hydroxylation is 1. The van der Waals surface area contributed by atoms with Crippen LogP contribution in [0.3, 0.4) is 0 Å². The summed E-state index contributed by atoms with van der Waals surface area (Å²) in [5.74, 6) is -0.0800. The van der Waals surface area contributed by atoms with Gasteiger partial charge in [0.1, 0.15) is 0 Å². The van der Waals surface area contributed by atoms with E-state index in [4.69, 9.17) is 23.2 Å². The Kier molecular flexibility index (Phi) is 6.58. The smallest absolute Gasteiger partial charge is 0.254 e. The molecule has 7 heteroatoms. The van der Waals surface area contributed by atoms with E-state index in [1.807, 2.05) is 32.0 Å². The number of aromatic nitrogens is 1. The molecule has 0 saturated carbocycles. The van der Waals surface area contributed by atoms with Crippen molar-refractivity contribution in [2.75, 3.05) is 19.6 Å². The second-order valence-electron chi connectivity index (χ2n) is 6.92. The number of amides is 1. The molecule has 0 spiro atoms. The van der Waals surface area contributed by atoms with Crippen molar-refractivity contribution in [2.45, 2.75) is 33.1 Å². The average Bonchev–Trinajstić information content (AvgIpc) is 2.88. The Morgan fingerprint density at radius 1 is 1.11 bits per heavy atom. The number of hydrazone groups is 1. The fourth-order valence-electron chi connectivity index (χ4n) is 3.51. The molecular formula is C20H24Cl2N4O. The molecule has 1 aliphatic rings. The Morgan fingerprint density at radius 3 is 2.44 bits per heavy atom. The van der Waals surface area contributed by atoms with Crippen molar-refractivity contribution >= 4 is 35.3 Å². The molecule has 0 unspecified atom stereocenters. The monoisotopic (exact) mass is 406 g/mol. The van der Waals surface area contributed by atoms with Crippen LogP contribution in [0.4, 0.5) is 0 Å². The van der Waals surface area contributed by atoms with Crippen LogP contribution < -0.4 is 5.43 Å². The molecule has 2 aromatic rings. The standard InChI is InChI=1S/C20H24Cl2N4O/c1-14-8-16(12-23-24-20(27)13-25-6-4-3-5-7-25)15(2)26(14)19-10-17(21)9-18(22)11-19/h8-12H,3-7,13H2,1-2H3,(H,24,27)/b23-12-. The van der Waals surface area contributed by atoms with Gasteiger partial charge < -0.3 is 4.57 Å². The first-order valence-corrected chi connectivity index (χ1v) is 9.89. The van der Waals surface area contributed by atoms with Gasteiger partial charge in [-0.1, -0.05) is 29.6 Å². The summed E-state index contributed by atoms with van der Waals surface area (Å²) in [5, 5.41) is 5.31. The van der Waals surface area contributed by atoms with Crippen LogP contribution in [-0.4, -0.2) is 41.2 Å². The van der Waals surface area contributed by atoms with Crippen LogP contribution >= 0.6 is 23.2 Å². The predicted molar refractivity (Wildman–Crippen MR) is 111 cm³/mol. The normalized spacial score (nSPS) is 15.4. The molecule has 0 atom stereocenters. The zero-order valence-electron chi connectivity index (χ0n) is 15.6. The third-order valence-electron chi connectivity index (χ3n) is 4.78. The van der Waals surface area contributed by atoms with Crippen LogP contribution in [-0.2, 0) is 4.79 Å². The number of benzene rings is 1. The first kappa shape index (κ1) is 19.9. The fraction of sp³-hybridized carbons (Fsp3) is 0.400. The summed E-state index contributed by atoms with van der Waals surface area (Å²) in [6, 6.07) is 7.47. The van der Waals surface area contributed by atoms with Crippen molar-refractivity contribution in [3.05, 3.63) is 51.3 Å². The zero-order chi connectivity index (χ0) is 19.4. The number of nitrogens with zero attached hydrogens (tertiary/aromatic N) is 3. The van der Waals surface area contributed by atoms with Crippen molar-refractivity contribution in [2.24, 2.45) is 5.10 Å². The Bertz CT molecular complexity index is 834. The van der Waals surface area contributed by atoms with E-state index in [-0.39, 0.29) is 5.91 Å². The molecule has 1 saturated heterocycles. The van der Waals surface area contributed by atoms with Crippen molar-refractivity contribution in [3.63, 3.8) is 0 Å². The number of piperidine rings is 1. The molecule has 1 fully saturated rings. The van der Waals surface area contributed by atoms with Gasteiger partial charge >= 0.3 is 0 Å². The van der Waals surface area contributed by atoms with Crippen molar-refractivity contribution < 1.29 is 4.79 Å². The third kappa shape index (κ3) is 5.12. The molecule has 2 heterocycles. The van der Waals surface area contributed by atoms with E-state index < -0.39 is 0 Å². The summed E-state index contributed by atoms with van der Waals surface area (Å²) < 4.78 is 2.06. The maximum absolute atomic E-state index is 12.1. The van der Waals surface area contributed by atoms with Crippen molar-refractivity contribution in [1.29, 1.82) is 0 Å². The van der Waals surface area contributed by atoms with E-state index in [1.165, 1.54) is 6.42 Å². The van der Waals surface area contributed by atoms with Crippen LogP contribution in [0.25, 0.3) is 5.69 Å². The lowest BCUT2D eigenvalue weighted by Gasteiger charge is -2.25. The Labute approximate surface area is 169 Å². The SMILES string of the molecule is Cc1cc(/C=N\NC(=O)CN2CCCCC2)c(C)n1-c1cc(Cl)cc(Cl)c1. The second-order valence-corrected chi connectivity index (χ2v) is 7.79. The van der Waals surface area contributed by atoms with Crippen LogP contribution in [0.2, 0.25) is 10.0 Å². The fourth-order valence-corrected chi connectivity index (χ4v) is 4.03.